The third-order valence-corrected chi connectivity index (χ3v) is 5.32. The molecule has 0 fully saturated rings. The summed E-state index contributed by atoms with van der Waals surface area (Å²) in [6, 6.07) is 7.17. The van der Waals surface area contributed by atoms with E-state index < -0.39 is 12.1 Å². The first-order valence-corrected chi connectivity index (χ1v) is 11.1. The van der Waals surface area contributed by atoms with Gasteiger partial charge < -0.3 is 15.2 Å². The fourth-order valence-corrected chi connectivity index (χ4v) is 3.35. The van der Waals surface area contributed by atoms with E-state index in [4.69, 9.17) is 9.84 Å². The third-order valence-electron chi connectivity index (χ3n) is 5.32. The van der Waals surface area contributed by atoms with Crippen LogP contribution in [0.3, 0.4) is 0 Å². The van der Waals surface area contributed by atoms with E-state index in [1.165, 1.54) is 6.08 Å². The highest BCUT2D eigenvalue weighted by Crippen LogP contribution is 2.16. The summed E-state index contributed by atoms with van der Waals surface area (Å²) in [7, 11) is 0. The average Bonchev–Trinajstić information content (AvgIpc) is 2.75. The Labute approximate surface area is 186 Å². The first-order valence-electron chi connectivity index (χ1n) is 11.1. The number of amides is 1. The molecular formula is C25H37NO5. The summed E-state index contributed by atoms with van der Waals surface area (Å²) in [4.78, 5) is 36.7. The molecule has 31 heavy (non-hydrogen) atoms. The van der Waals surface area contributed by atoms with Gasteiger partial charge in [0.25, 0.3) is 0 Å². The second-order valence-corrected chi connectivity index (χ2v) is 8.31. The van der Waals surface area contributed by atoms with Crippen molar-refractivity contribution in [1.82, 2.24) is 5.32 Å². The normalized spacial score (nSPS) is 12.8. The molecular weight excluding hydrogens is 394 g/mol. The van der Waals surface area contributed by atoms with Crippen molar-refractivity contribution in [2.75, 3.05) is 6.61 Å². The van der Waals surface area contributed by atoms with E-state index in [1.54, 1.807) is 0 Å². The maximum atomic E-state index is 12.5. The number of alkyl carbamates (subject to hydrolysis) is 1. The van der Waals surface area contributed by atoms with Gasteiger partial charge in [-0.3, -0.25) is 9.59 Å². The molecule has 0 saturated heterocycles. The van der Waals surface area contributed by atoms with Crippen molar-refractivity contribution >= 4 is 17.7 Å². The highest BCUT2D eigenvalue weighted by atomic mass is 16.5. The Morgan fingerprint density at radius 3 is 2.23 bits per heavy atom. The summed E-state index contributed by atoms with van der Waals surface area (Å²) in [5.74, 6) is 0.0318. The van der Waals surface area contributed by atoms with E-state index in [9.17, 15) is 14.4 Å². The Balaban J connectivity index is 2.34. The second-order valence-electron chi connectivity index (χ2n) is 8.31. The molecule has 0 aliphatic carbocycles. The first kappa shape index (κ1) is 26.6. The van der Waals surface area contributed by atoms with Crippen molar-refractivity contribution in [3.05, 3.63) is 48.0 Å². The quantitative estimate of drug-likeness (QED) is 0.402. The zero-order valence-corrected chi connectivity index (χ0v) is 19.1. The van der Waals surface area contributed by atoms with Crippen LogP contribution in [0, 0.1) is 11.8 Å². The van der Waals surface area contributed by atoms with Crippen LogP contribution in [-0.4, -0.2) is 35.4 Å². The second kappa shape index (κ2) is 14.5. The van der Waals surface area contributed by atoms with Crippen molar-refractivity contribution in [2.24, 2.45) is 11.8 Å². The number of nitrogens with one attached hydrogen (secondary N) is 1. The van der Waals surface area contributed by atoms with Gasteiger partial charge in [0.1, 0.15) is 12.4 Å². The molecule has 6 heteroatoms. The Kier molecular flexibility index (Phi) is 12.4. The van der Waals surface area contributed by atoms with Crippen LogP contribution < -0.4 is 5.32 Å². The fraction of sp³-hybridized carbons (Fsp3) is 0.560. The van der Waals surface area contributed by atoms with Crippen LogP contribution in [0.15, 0.2) is 36.9 Å². The van der Waals surface area contributed by atoms with Crippen molar-refractivity contribution in [1.29, 1.82) is 0 Å². The summed E-state index contributed by atoms with van der Waals surface area (Å²) < 4.78 is 4.90. The summed E-state index contributed by atoms with van der Waals surface area (Å²) in [6.07, 6.45) is 4.56. The van der Waals surface area contributed by atoms with E-state index in [0.29, 0.717) is 25.7 Å². The molecule has 0 spiro atoms. The molecule has 0 aliphatic rings. The van der Waals surface area contributed by atoms with E-state index >= 15 is 0 Å². The predicted molar refractivity (Wildman–Crippen MR) is 122 cm³/mol. The number of carbonyl (C=O) groups excluding carboxylic acids is 3. The fourth-order valence-electron chi connectivity index (χ4n) is 3.35. The van der Waals surface area contributed by atoms with Gasteiger partial charge in [-0.2, -0.15) is 0 Å². The van der Waals surface area contributed by atoms with Crippen LogP contribution in [-0.2, 0) is 27.4 Å². The maximum Gasteiger partial charge on any atom is 0.408 e. The van der Waals surface area contributed by atoms with Crippen LogP contribution in [0.25, 0.3) is 0 Å². The molecule has 1 aromatic rings. The number of Topliss-reactive ketones (excluding diaryl/α,β-unsaturated/α-hetero) is 2. The summed E-state index contributed by atoms with van der Waals surface area (Å²) in [6.45, 7) is 9.28. The molecule has 0 aromatic heterocycles. The number of ketones is 2. The van der Waals surface area contributed by atoms with E-state index in [-0.39, 0.29) is 36.6 Å². The number of hydrogen-bond acceptors (Lipinski definition) is 5. The van der Waals surface area contributed by atoms with Gasteiger partial charge in [0, 0.05) is 18.8 Å². The minimum Gasteiger partial charge on any atom is -0.445 e. The molecule has 1 amide bonds. The molecule has 2 atom stereocenters. The summed E-state index contributed by atoms with van der Waals surface area (Å²) >= 11 is 0. The smallest absolute Gasteiger partial charge is 0.408 e. The first-order chi connectivity index (χ1) is 14.8. The minimum atomic E-state index is -0.624. The van der Waals surface area contributed by atoms with Crippen LogP contribution in [0.1, 0.15) is 64.0 Å². The lowest BCUT2D eigenvalue weighted by atomic mass is 9.92. The highest BCUT2D eigenvalue weighted by molar-refractivity contribution is 5.87. The van der Waals surface area contributed by atoms with E-state index in [1.807, 2.05) is 45.0 Å². The van der Waals surface area contributed by atoms with Crippen LogP contribution in [0.5, 0.6) is 0 Å². The van der Waals surface area contributed by atoms with Crippen molar-refractivity contribution in [3.63, 3.8) is 0 Å². The zero-order chi connectivity index (χ0) is 23.2. The van der Waals surface area contributed by atoms with Gasteiger partial charge in [0.05, 0.1) is 12.6 Å². The highest BCUT2D eigenvalue weighted by Gasteiger charge is 2.24. The lowest BCUT2D eigenvalue weighted by Crippen LogP contribution is -2.44. The molecule has 0 unspecified atom stereocenters. The molecule has 0 heterocycles. The zero-order valence-electron chi connectivity index (χ0n) is 19.1. The summed E-state index contributed by atoms with van der Waals surface area (Å²) in [5, 5.41) is 11.7. The van der Waals surface area contributed by atoms with Gasteiger partial charge >= 0.3 is 6.09 Å². The Morgan fingerprint density at radius 1 is 1.03 bits per heavy atom. The third kappa shape index (κ3) is 10.4. The minimum absolute atomic E-state index is 0.0339. The largest absolute Gasteiger partial charge is 0.445 e. The van der Waals surface area contributed by atoms with Crippen LogP contribution in [0.4, 0.5) is 4.79 Å². The lowest BCUT2D eigenvalue weighted by Gasteiger charge is -2.21. The van der Waals surface area contributed by atoms with Crippen LogP contribution >= 0.6 is 0 Å². The number of ether oxygens (including phenoxy) is 1. The van der Waals surface area contributed by atoms with Crippen molar-refractivity contribution < 1.29 is 24.2 Å². The van der Waals surface area contributed by atoms with Gasteiger partial charge in [-0.05, 0) is 42.7 Å². The monoisotopic (exact) mass is 431 g/mol. The van der Waals surface area contributed by atoms with E-state index in [0.717, 1.165) is 24.0 Å². The topological polar surface area (TPSA) is 92.7 Å². The number of rotatable bonds is 15. The Hall–Kier alpha value is -2.47. The Morgan fingerprint density at radius 2 is 1.65 bits per heavy atom. The molecule has 1 aromatic carbocycles. The molecule has 0 bridgehead atoms. The molecule has 6 nitrogen and oxygen atoms in total. The van der Waals surface area contributed by atoms with Gasteiger partial charge in [0.2, 0.25) is 0 Å². The van der Waals surface area contributed by atoms with Gasteiger partial charge in [0.15, 0.2) is 5.78 Å². The maximum absolute atomic E-state index is 12.5. The lowest BCUT2D eigenvalue weighted by molar-refractivity contribution is -0.124. The van der Waals surface area contributed by atoms with E-state index in [2.05, 4.69) is 11.9 Å². The average molecular weight is 432 g/mol. The number of carbonyl (C=O) groups is 3. The molecule has 0 aliphatic heterocycles. The SMILES string of the molecule is C=CCOC(=O)N[C@H](C(=O)CCC[C@@H](C)C(=O)CCCc1ccc(CO)cc1)C(C)C. The number of hydrogen-bond donors (Lipinski definition) is 2. The van der Waals surface area contributed by atoms with Gasteiger partial charge in [-0.1, -0.05) is 57.7 Å². The van der Waals surface area contributed by atoms with Crippen LogP contribution in [0.2, 0.25) is 0 Å². The molecule has 172 valence electrons. The molecule has 1 rings (SSSR count). The molecule has 0 saturated carbocycles. The number of aliphatic hydroxyl groups is 1. The molecule has 2 N–H and O–H groups in total. The number of benzene rings is 1. The molecule has 0 radical (unpaired) electrons. The van der Waals surface area contributed by atoms with Gasteiger partial charge in [-0.25, -0.2) is 4.79 Å². The summed E-state index contributed by atoms with van der Waals surface area (Å²) in [5.41, 5.74) is 2.04. The number of aliphatic hydroxyl groups excluding tert-OH is 1. The Bertz CT molecular complexity index is 711. The predicted octanol–water partition coefficient (Wildman–Crippen LogP) is 4.38. The standard InChI is InChI=1S/C25H37NO5/c1-5-16-31-25(30)26-24(18(2)3)23(29)11-6-8-19(4)22(28)10-7-9-20-12-14-21(17-27)15-13-20/h5,12-15,18-19,24,27H,1,6-11,16-17H2,2-4H3,(H,26,30)/t19-,24+/m1/s1. The van der Waals surface area contributed by atoms with Crippen molar-refractivity contribution in [2.45, 2.75) is 71.9 Å². The van der Waals surface area contributed by atoms with Crippen molar-refractivity contribution in [3.8, 4) is 0 Å². The van der Waals surface area contributed by atoms with Gasteiger partial charge in [-0.15, -0.1) is 0 Å². The number of aryl methyl sites for hydroxylation is 1.